The SMILES string of the molecule is CCCCn1ccc2c(C)ccnc21. The predicted octanol–water partition coefficient (Wildman–Crippen LogP) is 3.14. The van der Waals surface area contributed by atoms with Gasteiger partial charge in [0.15, 0.2) is 0 Å². The van der Waals surface area contributed by atoms with E-state index < -0.39 is 0 Å². The largest absolute Gasteiger partial charge is 0.333 e. The van der Waals surface area contributed by atoms with Crippen molar-refractivity contribution in [2.45, 2.75) is 33.2 Å². The molecule has 0 saturated carbocycles. The number of rotatable bonds is 3. The van der Waals surface area contributed by atoms with Crippen molar-refractivity contribution in [3.8, 4) is 0 Å². The molecular weight excluding hydrogens is 172 g/mol. The van der Waals surface area contributed by atoms with Gasteiger partial charge in [-0.2, -0.15) is 0 Å². The molecule has 0 aliphatic heterocycles. The zero-order valence-corrected chi connectivity index (χ0v) is 8.83. The van der Waals surface area contributed by atoms with Gasteiger partial charge < -0.3 is 4.57 Å². The summed E-state index contributed by atoms with van der Waals surface area (Å²) in [7, 11) is 0. The smallest absolute Gasteiger partial charge is 0.140 e. The van der Waals surface area contributed by atoms with E-state index in [4.69, 9.17) is 0 Å². The number of fused-ring (bicyclic) bond motifs is 1. The third kappa shape index (κ3) is 1.52. The molecule has 0 aromatic carbocycles. The summed E-state index contributed by atoms with van der Waals surface area (Å²) >= 11 is 0. The summed E-state index contributed by atoms with van der Waals surface area (Å²) in [6.45, 7) is 5.43. The van der Waals surface area contributed by atoms with Crippen LogP contribution in [-0.2, 0) is 6.54 Å². The van der Waals surface area contributed by atoms with Crippen LogP contribution in [0.15, 0.2) is 24.5 Å². The fraction of sp³-hybridized carbons (Fsp3) is 0.417. The minimum Gasteiger partial charge on any atom is -0.333 e. The minimum atomic E-state index is 1.08. The molecule has 2 aromatic heterocycles. The van der Waals surface area contributed by atoms with Crippen LogP contribution in [0.2, 0.25) is 0 Å². The van der Waals surface area contributed by atoms with Gasteiger partial charge in [0.25, 0.3) is 0 Å². The molecule has 0 atom stereocenters. The summed E-state index contributed by atoms with van der Waals surface area (Å²) in [5.41, 5.74) is 2.43. The summed E-state index contributed by atoms with van der Waals surface area (Å²) in [5, 5.41) is 1.28. The third-order valence-corrected chi connectivity index (χ3v) is 2.63. The topological polar surface area (TPSA) is 17.8 Å². The Morgan fingerprint density at radius 2 is 2.21 bits per heavy atom. The van der Waals surface area contributed by atoms with Gasteiger partial charge in [0.2, 0.25) is 0 Å². The summed E-state index contributed by atoms with van der Waals surface area (Å²) in [5.74, 6) is 0. The first-order chi connectivity index (χ1) is 6.83. The van der Waals surface area contributed by atoms with Gasteiger partial charge in [-0.3, -0.25) is 0 Å². The van der Waals surface area contributed by atoms with E-state index in [-0.39, 0.29) is 0 Å². The maximum Gasteiger partial charge on any atom is 0.140 e. The van der Waals surface area contributed by atoms with Crippen molar-refractivity contribution in [3.63, 3.8) is 0 Å². The zero-order chi connectivity index (χ0) is 9.97. The van der Waals surface area contributed by atoms with Crippen LogP contribution in [0, 0.1) is 6.92 Å². The van der Waals surface area contributed by atoms with Crippen molar-refractivity contribution < 1.29 is 0 Å². The number of aromatic nitrogens is 2. The van der Waals surface area contributed by atoms with E-state index in [9.17, 15) is 0 Å². The maximum absolute atomic E-state index is 4.42. The number of unbranched alkanes of at least 4 members (excludes halogenated alkanes) is 1. The van der Waals surface area contributed by atoms with E-state index in [1.807, 2.05) is 6.20 Å². The van der Waals surface area contributed by atoms with Crippen LogP contribution in [0.3, 0.4) is 0 Å². The van der Waals surface area contributed by atoms with E-state index in [0.29, 0.717) is 0 Å². The number of aryl methyl sites for hydroxylation is 2. The normalized spacial score (nSPS) is 11.0. The number of hydrogen-bond acceptors (Lipinski definition) is 1. The number of hydrogen-bond donors (Lipinski definition) is 0. The Morgan fingerprint density at radius 1 is 1.36 bits per heavy atom. The lowest BCUT2D eigenvalue weighted by molar-refractivity contribution is 0.646. The van der Waals surface area contributed by atoms with Crippen molar-refractivity contribution in [2.24, 2.45) is 0 Å². The molecule has 2 nitrogen and oxygen atoms in total. The molecule has 0 aliphatic rings. The van der Waals surface area contributed by atoms with E-state index in [1.54, 1.807) is 0 Å². The molecule has 0 unspecified atom stereocenters. The summed E-state index contributed by atoms with van der Waals surface area (Å²) in [4.78, 5) is 4.42. The van der Waals surface area contributed by atoms with Crippen LogP contribution in [0.25, 0.3) is 11.0 Å². The highest BCUT2D eigenvalue weighted by Gasteiger charge is 2.02. The molecule has 2 rings (SSSR count). The van der Waals surface area contributed by atoms with Crippen LogP contribution in [0.5, 0.6) is 0 Å². The van der Waals surface area contributed by atoms with Gasteiger partial charge in [0.05, 0.1) is 0 Å². The van der Waals surface area contributed by atoms with Crippen LogP contribution >= 0.6 is 0 Å². The van der Waals surface area contributed by atoms with Crippen LogP contribution in [-0.4, -0.2) is 9.55 Å². The second-order valence-electron chi connectivity index (χ2n) is 3.73. The first kappa shape index (κ1) is 9.25. The van der Waals surface area contributed by atoms with Gasteiger partial charge in [0.1, 0.15) is 5.65 Å². The molecule has 0 amide bonds. The van der Waals surface area contributed by atoms with Crippen LogP contribution in [0.4, 0.5) is 0 Å². The molecule has 2 heteroatoms. The molecule has 0 radical (unpaired) electrons. The molecule has 0 N–H and O–H groups in total. The molecule has 0 spiro atoms. The van der Waals surface area contributed by atoms with E-state index in [2.05, 4.69) is 41.7 Å². The Hall–Kier alpha value is -1.31. The fourth-order valence-electron chi connectivity index (χ4n) is 1.73. The monoisotopic (exact) mass is 188 g/mol. The molecule has 74 valence electrons. The summed E-state index contributed by atoms with van der Waals surface area (Å²) in [6, 6.07) is 4.22. The van der Waals surface area contributed by atoms with Gasteiger partial charge in [-0.1, -0.05) is 13.3 Å². The van der Waals surface area contributed by atoms with Crippen molar-refractivity contribution in [1.29, 1.82) is 0 Å². The lowest BCUT2D eigenvalue weighted by Crippen LogP contribution is -1.96. The Balaban J connectivity index is 2.42. The highest BCUT2D eigenvalue weighted by molar-refractivity contribution is 5.79. The third-order valence-electron chi connectivity index (χ3n) is 2.63. The van der Waals surface area contributed by atoms with E-state index >= 15 is 0 Å². The maximum atomic E-state index is 4.42. The molecule has 2 aromatic rings. The predicted molar refractivity (Wildman–Crippen MR) is 59.4 cm³/mol. The van der Waals surface area contributed by atoms with Crippen molar-refractivity contribution in [2.75, 3.05) is 0 Å². The van der Waals surface area contributed by atoms with Gasteiger partial charge >= 0.3 is 0 Å². The molecule has 14 heavy (non-hydrogen) atoms. The van der Waals surface area contributed by atoms with E-state index in [0.717, 1.165) is 12.2 Å². The minimum absolute atomic E-state index is 1.08. The van der Waals surface area contributed by atoms with Crippen molar-refractivity contribution >= 4 is 11.0 Å². The fourth-order valence-corrected chi connectivity index (χ4v) is 1.73. The summed E-state index contributed by atoms with van der Waals surface area (Å²) in [6.07, 6.45) is 6.48. The lowest BCUT2D eigenvalue weighted by atomic mass is 10.2. The van der Waals surface area contributed by atoms with Gasteiger partial charge in [0, 0.05) is 24.3 Å². The lowest BCUT2D eigenvalue weighted by Gasteiger charge is -2.03. The average Bonchev–Trinajstić information content (AvgIpc) is 2.60. The first-order valence-corrected chi connectivity index (χ1v) is 5.23. The van der Waals surface area contributed by atoms with Gasteiger partial charge in [-0.15, -0.1) is 0 Å². The number of pyridine rings is 1. The molecule has 0 aliphatic carbocycles. The quantitative estimate of drug-likeness (QED) is 0.723. The van der Waals surface area contributed by atoms with Crippen molar-refractivity contribution in [1.82, 2.24) is 9.55 Å². The second-order valence-corrected chi connectivity index (χ2v) is 3.73. The van der Waals surface area contributed by atoms with Crippen LogP contribution < -0.4 is 0 Å². The van der Waals surface area contributed by atoms with Crippen LogP contribution in [0.1, 0.15) is 25.3 Å². The number of nitrogens with zero attached hydrogens (tertiary/aromatic N) is 2. The van der Waals surface area contributed by atoms with Gasteiger partial charge in [-0.05, 0) is 31.0 Å². The molecule has 0 fully saturated rings. The molecule has 0 saturated heterocycles. The Morgan fingerprint density at radius 3 is 3.00 bits per heavy atom. The highest BCUT2D eigenvalue weighted by Crippen LogP contribution is 2.17. The van der Waals surface area contributed by atoms with E-state index in [1.165, 1.54) is 23.8 Å². The van der Waals surface area contributed by atoms with Crippen molar-refractivity contribution in [3.05, 3.63) is 30.1 Å². The Bertz CT molecular complexity index is 429. The highest BCUT2D eigenvalue weighted by atomic mass is 15.0. The molecule has 2 heterocycles. The average molecular weight is 188 g/mol. The van der Waals surface area contributed by atoms with Gasteiger partial charge in [-0.25, -0.2) is 4.98 Å². The summed E-state index contributed by atoms with van der Waals surface area (Å²) < 4.78 is 2.24. The Kier molecular flexibility index (Phi) is 2.53. The first-order valence-electron chi connectivity index (χ1n) is 5.23. The standard InChI is InChI=1S/C12H16N2/c1-3-4-8-14-9-6-11-10(2)5-7-13-12(11)14/h5-7,9H,3-4,8H2,1-2H3. The zero-order valence-electron chi connectivity index (χ0n) is 8.83. The molecular formula is C12H16N2. The Labute approximate surface area is 84.6 Å². The molecule has 0 bridgehead atoms. The second kappa shape index (κ2) is 3.82.